The number of nitrogens with one attached hydrogen (secondary N) is 5. The van der Waals surface area contributed by atoms with Crippen LogP contribution in [0.2, 0.25) is 0 Å². The first kappa shape index (κ1) is 35.5. The van der Waals surface area contributed by atoms with E-state index < -0.39 is 90.1 Å². The van der Waals surface area contributed by atoms with Crippen LogP contribution < -0.4 is 32.3 Å². The lowest BCUT2D eigenvalue weighted by Gasteiger charge is -2.25. The smallest absolute Gasteiger partial charge is 0.326 e. The van der Waals surface area contributed by atoms with Gasteiger partial charge < -0.3 is 42.5 Å². The predicted molar refractivity (Wildman–Crippen MR) is 150 cm³/mol. The summed E-state index contributed by atoms with van der Waals surface area (Å²) in [7, 11) is 0. The van der Waals surface area contributed by atoms with Gasteiger partial charge in [0.25, 0.3) is 0 Å². The number of rotatable bonds is 16. The lowest BCUT2D eigenvalue weighted by atomic mass is 10.0. The number of carbonyl (C=O) groups excluding carboxylic acids is 5. The summed E-state index contributed by atoms with van der Waals surface area (Å²) in [6, 6.07) is 1.58. The maximum absolute atomic E-state index is 13.0. The van der Waals surface area contributed by atoms with E-state index in [-0.39, 0.29) is 6.42 Å². The molecule has 0 fully saturated rings. The average Bonchev–Trinajstić information content (AvgIpc) is 2.90. The summed E-state index contributed by atoms with van der Waals surface area (Å²) in [6.07, 6.45) is -0.583. The van der Waals surface area contributed by atoms with E-state index in [1.807, 2.05) is 0 Å². The van der Waals surface area contributed by atoms with E-state index in [1.54, 1.807) is 44.2 Å². The molecule has 0 saturated carbocycles. The normalized spacial score (nSPS) is 15.1. The van der Waals surface area contributed by atoms with Gasteiger partial charge in [0.05, 0.1) is 12.5 Å². The molecule has 0 radical (unpaired) electrons. The quantitative estimate of drug-likeness (QED) is 0.108. The van der Waals surface area contributed by atoms with Crippen molar-refractivity contribution in [3.05, 3.63) is 35.9 Å². The zero-order valence-electron chi connectivity index (χ0n) is 24.2. The molecule has 1 aromatic carbocycles. The van der Waals surface area contributed by atoms with Crippen LogP contribution in [0.15, 0.2) is 30.3 Å². The highest BCUT2D eigenvalue weighted by molar-refractivity contribution is 5.96. The first-order valence-corrected chi connectivity index (χ1v) is 13.3. The summed E-state index contributed by atoms with van der Waals surface area (Å²) in [4.78, 5) is 85.3. The lowest BCUT2D eigenvalue weighted by molar-refractivity contribution is -0.143. The number of hydrogen-bond acceptors (Lipinski definition) is 8. The van der Waals surface area contributed by atoms with Crippen LogP contribution >= 0.6 is 0 Å². The van der Waals surface area contributed by atoms with Crippen LogP contribution in [0.1, 0.15) is 46.6 Å². The van der Waals surface area contributed by atoms with Gasteiger partial charge in [-0.2, -0.15) is 0 Å². The van der Waals surface area contributed by atoms with E-state index in [0.717, 1.165) is 0 Å². The van der Waals surface area contributed by atoms with Crippen LogP contribution in [0.3, 0.4) is 0 Å². The van der Waals surface area contributed by atoms with Gasteiger partial charge in [-0.15, -0.1) is 0 Å². The Morgan fingerprint density at radius 2 is 1.12 bits per heavy atom. The van der Waals surface area contributed by atoms with Crippen LogP contribution in [-0.4, -0.2) is 87.9 Å². The van der Waals surface area contributed by atoms with E-state index in [9.17, 15) is 38.7 Å². The van der Waals surface area contributed by atoms with Crippen LogP contribution in [0.25, 0.3) is 0 Å². The summed E-state index contributed by atoms with van der Waals surface area (Å²) in [5.41, 5.74) is 6.17. The molecule has 42 heavy (non-hydrogen) atoms. The fourth-order valence-electron chi connectivity index (χ4n) is 3.60. The van der Waals surface area contributed by atoms with Gasteiger partial charge in [-0.05, 0) is 32.3 Å². The van der Waals surface area contributed by atoms with Crippen LogP contribution in [0.5, 0.6) is 0 Å². The van der Waals surface area contributed by atoms with Crippen molar-refractivity contribution >= 4 is 41.5 Å². The highest BCUT2D eigenvalue weighted by atomic mass is 16.4. The number of aliphatic carboxylic acids is 2. The Morgan fingerprint density at radius 3 is 1.55 bits per heavy atom. The number of benzene rings is 1. The van der Waals surface area contributed by atoms with Crippen molar-refractivity contribution < 1.29 is 43.8 Å². The maximum Gasteiger partial charge on any atom is 0.326 e. The van der Waals surface area contributed by atoms with Gasteiger partial charge in [-0.3, -0.25) is 28.8 Å². The van der Waals surface area contributed by atoms with E-state index in [2.05, 4.69) is 26.6 Å². The van der Waals surface area contributed by atoms with Crippen molar-refractivity contribution in [1.82, 2.24) is 26.6 Å². The van der Waals surface area contributed by atoms with E-state index in [0.29, 0.717) is 5.56 Å². The second-order valence-electron chi connectivity index (χ2n) is 10.2. The van der Waals surface area contributed by atoms with Crippen molar-refractivity contribution in [1.29, 1.82) is 0 Å². The molecule has 9 N–H and O–H groups in total. The molecule has 6 atom stereocenters. The number of carbonyl (C=O) groups is 7. The zero-order valence-corrected chi connectivity index (χ0v) is 24.2. The second kappa shape index (κ2) is 16.7. The minimum atomic E-state index is -1.37. The summed E-state index contributed by atoms with van der Waals surface area (Å²) >= 11 is 0. The minimum Gasteiger partial charge on any atom is -0.481 e. The minimum absolute atomic E-state index is 0.0513. The third kappa shape index (κ3) is 11.9. The SMILES string of the molecule is CC(C)[C@H](NC(=O)[C@H](Cc1ccccc1)NC(=O)[C@H](C)NC(=O)[C@H](C)NC(=O)[C@H](C)NC(=O)[C@@H](N)CC(=O)O)C(=O)O. The molecule has 0 aliphatic carbocycles. The summed E-state index contributed by atoms with van der Waals surface area (Å²) in [5, 5.41) is 30.2. The number of hydrogen-bond donors (Lipinski definition) is 8. The van der Waals surface area contributed by atoms with E-state index >= 15 is 0 Å². The Labute approximate surface area is 243 Å². The molecule has 15 nitrogen and oxygen atoms in total. The van der Waals surface area contributed by atoms with E-state index in [1.165, 1.54) is 20.8 Å². The van der Waals surface area contributed by atoms with Crippen molar-refractivity contribution in [3.63, 3.8) is 0 Å². The van der Waals surface area contributed by atoms with Crippen molar-refractivity contribution in [2.24, 2.45) is 11.7 Å². The Bertz CT molecular complexity index is 1140. The number of carboxylic acid groups (broad SMARTS) is 2. The maximum atomic E-state index is 13.0. The summed E-state index contributed by atoms with van der Waals surface area (Å²) in [6.45, 7) is 7.27. The Hall–Kier alpha value is -4.53. The molecule has 0 unspecified atom stereocenters. The van der Waals surface area contributed by atoms with Gasteiger partial charge in [0.15, 0.2) is 0 Å². The van der Waals surface area contributed by atoms with Crippen LogP contribution in [0.4, 0.5) is 0 Å². The lowest BCUT2D eigenvalue weighted by Crippen LogP contribution is -2.58. The van der Waals surface area contributed by atoms with Gasteiger partial charge in [0.2, 0.25) is 29.5 Å². The van der Waals surface area contributed by atoms with Gasteiger partial charge in [-0.25, -0.2) is 4.79 Å². The fraction of sp³-hybridized carbons (Fsp3) is 0.519. The highest BCUT2D eigenvalue weighted by Gasteiger charge is 2.31. The summed E-state index contributed by atoms with van der Waals surface area (Å²) < 4.78 is 0. The topological polar surface area (TPSA) is 246 Å². The van der Waals surface area contributed by atoms with Gasteiger partial charge >= 0.3 is 11.9 Å². The van der Waals surface area contributed by atoms with Gasteiger partial charge in [0.1, 0.15) is 30.2 Å². The zero-order chi connectivity index (χ0) is 32.1. The molecule has 0 spiro atoms. The van der Waals surface area contributed by atoms with Crippen molar-refractivity contribution in [2.75, 3.05) is 0 Å². The summed E-state index contributed by atoms with van der Waals surface area (Å²) in [5.74, 6) is -6.76. The number of nitrogens with two attached hydrogens (primary N) is 1. The van der Waals surface area contributed by atoms with Crippen LogP contribution in [-0.2, 0) is 40.0 Å². The molecule has 5 amide bonds. The Kier molecular flexibility index (Phi) is 14.1. The largest absolute Gasteiger partial charge is 0.481 e. The predicted octanol–water partition coefficient (Wildman–Crippen LogP) is -1.74. The molecule has 0 aromatic heterocycles. The molecule has 0 heterocycles. The Balaban J connectivity index is 2.82. The molecule has 232 valence electrons. The van der Waals surface area contributed by atoms with Gasteiger partial charge in [0, 0.05) is 6.42 Å². The molecule has 0 bridgehead atoms. The molecule has 0 aliphatic heterocycles. The standard InChI is InChI=1S/C27H40N6O9/c1-13(2)21(27(41)42)33-26(40)19(11-17-9-7-6-8-10-17)32-24(38)16(5)30-22(36)14(3)29-23(37)15(4)31-25(39)18(28)12-20(34)35/h6-10,13-16,18-19,21H,11-12,28H2,1-5H3,(H,29,37)(H,30,36)(H,31,39)(H,32,38)(H,33,40)(H,34,35)(H,41,42)/t14-,15-,16-,18-,19-,21-/m0/s1. The average molecular weight is 593 g/mol. The van der Waals surface area contributed by atoms with Crippen LogP contribution in [0, 0.1) is 5.92 Å². The number of carboxylic acids is 2. The molecule has 15 heteroatoms. The second-order valence-corrected chi connectivity index (χ2v) is 10.2. The number of amides is 5. The first-order chi connectivity index (χ1) is 19.5. The van der Waals surface area contributed by atoms with Crippen molar-refractivity contribution in [3.8, 4) is 0 Å². The highest BCUT2D eigenvalue weighted by Crippen LogP contribution is 2.07. The third-order valence-electron chi connectivity index (χ3n) is 6.13. The first-order valence-electron chi connectivity index (χ1n) is 13.3. The molecule has 0 aliphatic rings. The van der Waals surface area contributed by atoms with Gasteiger partial charge in [-0.1, -0.05) is 44.2 Å². The molecule has 1 rings (SSSR count). The Morgan fingerprint density at radius 1 is 0.667 bits per heavy atom. The molecular weight excluding hydrogens is 552 g/mol. The monoisotopic (exact) mass is 592 g/mol. The molecular formula is C27H40N6O9. The van der Waals surface area contributed by atoms with E-state index in [4.69, 9.17) is 10.8 Å². The fourth-order valence-corrected chi connectivity index (χ4v) is 3.60. The molecule has 0 saturated heterocycles. The van der Waals surface area contributed by atoms with Crippen molar-refractivity contribution in [2.45, 2.75) is 83.7 Å². The molecule has 1 aromatic rings. The third-order valence-corrected chi connectivity index (χ3v) is 6.13.